The number of aliphatic hydroxyl groups excluding tert-OH is 3. The molecule has 0 aromatic heterocycles. The third-order valence-electron chi connectivity index (χ3n) is 14.3. The first kappa shape index (κ1) is 51.2. The van der Waals surface area contributed by atoms with E-state index in [1.165, 1.54) is 19.8 Å². The predicted molar refractivity (Wildman–Crippen MR) is 230 cm³/mol. The Kier molecular flexibility index (Phi) is 18.8. The number of fused-ring (bicyclic) bond motifs is 2. The van der Waals surface area contributed by atoms with Crippen LogP contribution in [0.5, 0.6) is 0 Å². The van der Waals surface area contributed by atoms with E-state index in [0.717, 1.165) is 57.2 Å². The number of ether oxygens (including phenoxy) is 7. The third-order valence-corrected chi connectivity index (χ3v) is 14.3. The van der Waals surface area contributed by atoms with Gasteiger partial charge in [0.25, 0.3) is 0 Å². The lowest BCUT2D eigenvalue weighted by Gasteiger charge is -2.49. The topological polar surface area (TPSA) is 166 Å². The van der Waals surface area contributed by atoms with Gasteiger partial charge in [0.05, 0.1) is 41.9 Å². The molecule has 4 heterocycles. The second-order valence-electron chi connectivity index (χ2n) is 19.5. The number of carbonyl (C=O) groups excluding carboxylic acids is 1. The van der Waals surface area contributed by atoms with Gasteiger partial charge < -0.3 is 53.6 Å². The van der Waals surface area contributed by atoms with E-state index in [1.807, 2.05) is 41.5 Å². The largest absolute Gasteiger partial charge is 0.488 e. The van der Waals surface area contributed by atoms with E-state index in [1.54, 1.807) is 27.9 Å². The van der Waals surface area contributed by atoms with E-state index >= 15 is 0 Å². The first-order chi connectivity index (χ1) is 28.2. The molecule has 17 atom stereocenters. The average Bonchev–Trinajstić information content (AvgIpc) is 3.52. The molecule has 3 fully saturated rings. The number of hydrogen-bond donors (Lipinski definition) is 4. The molecule has 2 bridgehead atoms. The second-order valence-corrected chi connectivity index (χ2v) is 19.5. The lowest BCUT2D eigenvalue weighted by molar-refractivity contribution is -0.317. The zero-order valence-corrected chi connectivity index (χ0v) is 39.5. The summed E-state index contributed by atoms with van der Waals surface area (Å²) in [5, 5.41) is 46.4. The molecule has 13 nitrogen and oxygen atoms in total. The van der Waals surface area contributed by atoms with E-state index in [9.17, 15) is 25.2 Å². The summed E-state index contributed by atoms with van der Waals surface area (Å²) in [4.78, 5) is 17.0. The highest BCUT2D eigenvalue weighted by Gasteiger charge is 2.57. The molecule has 0 saturated carbocycles. The van der Waals surface area contributed by atoms with Crippen LogP contribution in [0, 0.1) is 17.8 Å². The van der Waals surface area contributed by atoms with Crippen molar-refractivity contribution in [3.8, 4) is 0 Å². The third kappa shape index (κ3) is 11.6. The summed E-state index contributed by atoms with van der Waals surface area (Å²) < 4.78 is 46.0. The lowest BCUT2D eigenvalue weighted by atomic mass is 9.78. The van der Waals surface area contributed by atoms with Crippen LogP contribution in [0.3, 0.4) is 0 Å². The van der Waals surface area contributed by atoms with Crippen LogP contribution in [0.2, 0.25) is 0 Å². The molecule has 0 aromatic rings. The fraction of sp³-hybridized carbons (Fsp3) is 0.936. The highest BCUT2D eigenvalue weighted by Crippen LogP contribution is 2.48. The molecular formula is C47H85NO12. The molecule has 4 rings (SSSR count). The summed E-state index contributed by atoms with van der Waals surface area (Å²) in [6.45, 7) is 24.6. The molecule has 4 aliphatic rings. The number of rotatable bonds is 19. The van der Waals surface area contributed by atoms with Crippen molar-refractivity contribution in [2.75, 3.05) is 20.2 Å². The quantitative estimate of drug-likeness (QED) is 0.0794. The van der Waals surface area contributed by atoms with Crippen molar-refractivity contribution in [1.82, 2.24) is 4.90 Å². The zero-order chi connectivity index (χ0) is 44.7. The van der Waals surface area contributed by atoms with Crippen molar-refractivity contribution in [1.29, 1.82) is 0 Å². The molecule has 3 saturated heterocycles. The number of methoxy groups -OCH3 is 1. The average molecular weight is 856 g/mol. The molecule has 0 radical (unpaired) electrons. The van der Waals surface area contributed by atoms with Crippen molar-refractivity contribution in [2.24, 2.45) is 17.8 Å². The standard InChI is InChI=1S/C47H85NO12/c1-14-17-19-21-23-48(24-22-20-18-15-2)34-25-29(5)55-44(37(34)50)59-41-31(7)39(57-36-27-45(10,54-13)40(51)33(9)56-36)32(8)43(52)58-42(47(12,53)35(49)16-3)30(6)38-28(4)26-46(41,11)60-38/h29-37,39-42,44,49-51,53H,14-27H2,1-13H3/t29?,30-,31-,32+,33?,34?,35+,36-,37?,39-,40-,41+,42+,44-,45?,46?,47+/m0/s1. The summed E-state index contributed by atoms with van der Waals surface area (Å²) in [5.74, 6) is -2.24. The fourth-order valence-corrected chi connectivity index (χ4v) is 10.5. The Morgan fingerprint density at radius 2 is 1.53 bits per heavy atom. The minimum atomic E-state index is -1.83. The van der Waals surface area contributed by atoms with Crippen LogP contribution in [0.1, 0.15) is 160 Å². The van der Waals surface area contributed by atoms with Gasteiger partial charge in [-0.3, -0.25) is 9.69 Å². The minimum Gasteiger partial charge on any atom is -0.488 e. The monoisotopic (exact) mass is 856 g/mol. The molecule has 4 aliphatic heterocycles. The number of aliphatic hydroxyl groups is 4. The van der Waals surface area contributed by atoms with Crippen molar-refractivity contribution in [3.63, 3.8) is 0 Å². The molecule has 350 valence electrons. The molecule has 4 N–H and O–H groups in total. The summed E-state index contributed by atoms with van der Waals surface area (Å²) in [5.41, 5.74) is -2.96. The van der Waals surface area contributed by atoms with E-state index in [0.29, 0.717) is 18.6 Å². The Morgan fingerprint density at radius 3 is 2.10 bits per heavy atom. The Hall–Kier alpha value is -1.39. The van der Waals surface area contributed by atoms with E-state index in [-0.39, 0.29) is 25.0 Å². The summed E-state index contributed by atoms with van der Waals surface area (Å²) in [6.07, 6.45) is 1.86. The summed E-state index contributed by atoms with van der Waals surface area (Å²) in [6, 6.07) is -0.183. The Morgan fingerprint density at radius 1 is 0.917 bits per heavy atom. The van der Waals surface area contributed by atoms with Crippen molar-refractivity contribution in [2.45, 2.75) is 244 Å². The molecule has 0 aliphatic carbocycles. The van der Waals surface area contributed by atoms with E-state index < -0.39 is 95.8 Å². The van der Waals surface area contributed by atoms with Gasteiger partial charge in [-0.1, -0.05) is 73.1 Å². The van der Waals surface area contributed by atoms with Crippen LogP contribution in [-0.4, -0.2) is 136 Å². The predicted octanol–water partition coefficient (Wildman–Crippen LogP) is 6.79. The van der Waals surface area contributed by atoms with Crippen LogP contribution in [0.4, 0.5) is 0 Å². The number of hydrogen-bond acceptors (Lipinski definition) is 13. The molecule has 0 aromatic carbocycles. The van der Waals surface area contributed by atoms with Gasteiger partial charge in [0.15, 0.2) is 12.6 Å². The van der Waals surface area contributed by atoms with Crippen LogP contribution in [0.25, 0.3) is 0 Å². The van der Waals surface area contributed by atoms with Crippen molar-refractivity contribution < 1.29 is 58.4 Å². The number of nitrogens with zero attached hydrogens (tertiary/aromatic N) is 1. The normalized spacial score (nSPS) is 40.8. The second kappa shape index (κ2) is 22.0. The molecule has 60 heavy (non-hydrogen) atoms. The van der Waals surface area contributed by atoms with Crippen molar-refractivity contribution in [3.05, 3.63) is 11.3 Å². The SMILES string of the molecule is CCCCCCN(CCCCCC)C1CC(C)O[C@@H](O[C@@H]2[C@@H](C)[C@H](O[C@H]3CC(C)(OC)[C@@H](O)C(C)O3)[C@@H](C)C(=O)O[C@@H]([C@](C)(O)[C@H](O)CC)[C@@H](C)C3=C(C)CC2(C)O3)C1O. The highest BCUT2D eigenvalue weighted by molar-refractivity contribution is 5.73. The van der Waals surface area contributed by atoms with E-state index in [2.05, 4.69) is 18.7 Å². The smallest absolute Gasteiger partial charge is 0.311 e. The number of cyclic esters (lactones) is 1. The van der Waals surface area contributed by atoms with E-state index in [4.69, 9.17) is 33.2 Å². The van der Waals surface area contributed by atoms with Crippen LogP contribution in [-0.2, 0) is 38.0 Å². The van der Waals surface area contributed by atoms with Gasteiger partial charge in [0, 0.05) is 31.9 Å². The van der Waals surface area contributed by atoms with Gasteiger partial charge >= 0.3 is 5.97 Å². The van der Waals surface area contributed by atoms with Crippen LogP contribution >= 0.6 is 0 Å². The molecule has 0 amide bonds. The first-order valence-electron chi connectivity index (χ1n) is 23.5. The van der Waals surface area contributed by atoms with Gasteiger partial charge in [-0.25, -0.2) is 0 Å². The zero-order valence-electron chi connectivity index (χ0n) is 39.5. The Bertz CT molecular complexity index is 1370. The van der Waals surface area contributed by atoms with Crippen molar-refractivity contribution >= 4 is 5.97 Å². The number of unbranched alkanes of at least 4 members (excludes halogenated alkanes) is 6. The Labute approximate surface area is 362 Å². The van der Waals surface area contributed by atoms with Gasteiger partial charge in [-0.05, 0) is 92.8 Å². The maximum absolute atomic E-state index is 14.5. The van der Waals surface area contributed by atoms with Gasteiger partial charge in [-0.2, -0.15) is 0 Å². The minimum absolute atomic E-state index is 0.178. The molecule has 0 spiro atoms. The van der Waals surface area contributed by atoms with Crippen LogP contribution < -0.4 is 0 Å². The maximum atomic E-state index is 14.5. The number of carbonyl (C=O) groups is 1. The number of esters is 1. The summed E-state index contributed by atoms with van der Waals surface area (Å²) in [7, 11) is 1.54. The maximum Gasteiger partial charge on any atom is 0.311 e. The fourth-order valence-electron chi connectivity index (χ4n) is 10.5. The van der Waals surface area contributed by atoms with Gasteiger partial charge in [0.2, 0.25) is 0 Å². The summed E-state index contributed by atoms with van der Waals surface area (Å²) >= 11 is 0. The molecule has 13 heteroatoms. The Balaban J connectivity index is 1.79. The van der Waals surface area contributed by atoms with Crippen LogP contribution in [0.15, 0.2) is 11.3 Å². The molecular weight excluding hydrogens is 771 g/mol. The lowest BCUT2D eigenvalue weighted by Crippen LogP contribution is -2.61. The molecule has 6 unspecified atom stereocenters. The van der Waals surface area contributed by atoms with Gasteiger partial charge in [0.1, 0.15) is 41.4 Å². The first-order valence-corrected chi connectivity index (χ1v) is 23.5. The highest BCUT2D eigenvalue weighted by atomic mass is 16.7. The van der Waals surface area contributed by atoms with Gasteiger partial charge in [-0.15, -0.1) is 0 Å².